The van der Waals surface area contributed by atoms with Crippen LogP contribution in [0.2, 0.25) is 0 Å². The van der Waals surface area contributed by atoms with Crippen molar-refractivity contribution in [3.8, 4) is 5.75 Å². The second kappa shape index (κ2) is 7.63. The lowest BCUT2D eigenvalue weighted by atomic mass is 10.1. The van der Waals surface area contributed by atoms with Gasteiger partial charge in [0.15, 0.2) is 11.7 Å². The zero-order valence-corrected chi connectivity index (χ0v) is 15.9. The summed E-state index contributed by atoms with van der Waals surface area (Å²) >= 11 is 0. The van der Waals surface area contributed by atoms with Crippen molar-refractivity contribution in [2.24, 2.45) is 4.99 Å². The Hall–Kier alpha value is -4.27. The average Bonchev–Trinajstić information content (AvgIpc) is 3.11. The first-order valence-electron chi connectivity index (χ1n) is 8.97. The van der Waals surface area contributed by atoms with E-state index in [9.17, 15) is 14.9 Å². The number of non-ortho nitro benzene ring substituents is 1. The number of benzene rings is 2. The number of fused-ring (bicyclic) bond motifs is 1. The lowest BCUT2D eigenvalue weighted by molar-refractivity contribution is -0.384. The maximum Gasteiger partial charge on any atom is 0.282 e. The third-order valence-electron chi connectivity index (χ3n) is 4.42. The summed E-state index contributed by atoms with van der Waals surface area (Å²) in [7, 11) is 0. The summed E-state index contributed by atoms with van der Waals surface area (Å²) in [5, 5.41) is 20.1. The first kappa shape index (κ1) is 19.1. The van der Waals surface area contributed by atoms with Gasteiger partial charge in [-0.25, -0.2) is 0 Å². The molecular weight excluding hydrogens is 388 g/mol. The number of rotatable bonds is 5. The van der Waals surface area contributed by atoms with E-state index in [4.69, 9.17) is 15.0 Å². The lowest BCUT2D eigenvalue weighted by Crippen LogP contribution is -2.38. The number of allylic oxidation sites excluding steroid dienone is 1. The molecule has 9 heteroatoms. The standard InChI is InChI=1S/C21H16N4O5/c1-13-10-19-23-21(26)18(20(22)24(19)30-13)11-14-4-8-17(9-5-14)29-12-15-2-6-16(7-3-15)25(27)28/h2-11,22H,12H2,1H3/b18-11-,22-20?. The second-order valence-corrected chi connectivity index (χ2v) is 6.60. The van der Waals surface area contributed by atoms with Crippen LogP contribution in [-0.2, 0) is 16.2 Å². The van der Waals surface area contributed by atoms with Crippen LogP contribution in [0.25, 0.3) is 6.08 Å². The number of carbonyl (C=O) groups excluding carboxylic acids is 1. The summed E-state index contributed by atoms with van der Waals surface area (Å²) in [6.07, 6.45) is 3.17. The van der Waals surface area contributed by atoms with Gasteiger partial charge in [-0.3, -0.25) is 20.3 Å². The normalized spacial score (nSPS) is 16.7. The van der Waals surface area contributed by atoms with Gasteiger partial charge in [-0.2, -0.15) is 4.99 Å². The highest BCUT2D eigenvalue weighted by molar-refractivity contribution is 6.32. The molecule has 4 rings (SSSR count). The Bertz CT molecular complexity index is 1130. The summed E-state index contributed by atoms with van der Waals surface area (Å²) < 4.78 is 5.69. The van der Waals surface area contributed by atoms with Gasteiger partial charge in [0.1, 0.15) is 18.1 Å². The summed E-state index contributed by atoms with van der Waals surface area (Å²) in [5.74, 6) is 0.885. The number of nitro groups is 1. The van der Waals surface area contributed by atoms with Crippen LogP contribution in [0.3, 0.4) is 0 Å². The van der Waals surface area contributed by atoms with Crippen molar-refractivity contribution < 1.29 is 19.3 Å². The van der Waals surface area contributed by atoms with Gasteiger partial charge in [-0.05, 0) is 48.4 Å². The zero-order chi connectivity index (χ0) is 21.3. The fourth-order valence-electron chi connectivity index (χ4n) is 2.91. The van der Waals surface area contributed by atoms with E-state index in [-0.39, 0.29) is 23.7 Å². The highest BCUT2D eigenvalue weighted by Crippen LogP contribution is 2.24. The highest BCUT2D eigenvalue weighted by Gasteiger charge is 2.34. The van der Waals surface area contributed by atoms with E-state index in [1.54, 1.807) is 55.5 Å². The monoisotopic (exact) mass is 404 g/mol. The Morgan fingerprint density at radius 3 is 2.57 bits per heavy atom. The number of aliphatic imine (C=N–C) groups is 1. The van der Waals surface area contributed by atoms with E-state index in [1.807, 2.05) is 0 Å². The Morgan fingerprint density at radius 1 is 1.20 bits per heavy atom. The lowest BCUT2D eigenvalue weighted by Gasteiger charge is -2.22. The van der Waals surface area contributed by atoms with Crippen LogP contribution in [0.5, 0.6) is 5.75 Å². The Morgan fingerprint density at radius 2 is 1.90 bits per heavy atom. The van der Waals surface area contributed by atoms with Crippen molar-refractivity contribution >= 4 is 29.3 Å². The molecule has 1 amide bonds. The molecule has 0 bridgehead atoms. The van der Waals surface area contributed by atoms with Crippen LogP contribution in [0.4, 0.5) is 5.69 Å². The molecule has 2 aliphatic heterocycles. The molecule has 9 nitrogen and oxygen atoms in total. The predicted molar refractivity (Wildman–Crippen MR) is 109 cm³/mol. The van der Waals surface area contributed by atoms with Crippen molar-refractivity contribution in [3.05, 3.63) is 87.2 Å². The van der Waals surface area contributed by atoms with Gasteiger partial charge in [-0.1, -0.05) is 12.1 Å². The van der Waals surface area contributed by atoms with Gasteiger partial charge in [0.2, 0.25) is 0 Å². The summed E-state index contributed by atoms with van der Waals surface area (Å²) in [6.45, 7) is 1.98. The van der Waals surface area contributed by atoms with Gasteiger partial charge >= 0.3 is 0 Å². The molecule has 150 valence electrons. The fraction of sp³-hybridized carbons (Fsp3) is 0.0952. The van der Waals surface area contributed by atoms with Gasteiger partial charge in [0.25, 0.3) is 11.6 Å². The smallest absolute Gasteiger partial charge is 0.282 e. The quantitative estimate of drug-likeness (QED) is 0.462. The third-order valence-corrected chi connectivity index (χ3v) is 4.42. The van der Waals surface area contributed by atoms with Crippen molar-refractivity contribution in [1.29, 1.82) is 5.41 Å². The third kappa shape index (κ3) is 3.81. The molecule has 0 saturated carbocycles. The van der Waals surface area contributed by atoms with E-state index in [0.29, 0.717) is 22.9 Å². The second-order valence-electron chi connectivity index (χ2n) is 6.60. The van der Waals surface area contributed by atoms with E-state index in [2.05, 4.69) is 4.99 Å². The number of amides is 1. The maximum absolute atomic E-state index is 12.3. The number of carbonyl (C=O) groups is 1. The predicted octanol–water partition coefficient (Wildman–Crippen LogP) is 3.62. The van der Waals surface area contributed by atoms with Crippen LogP contribution in [-0.4, -0.2) is 27.6 Å². The zero-order valence-electron chi connectivity index (χ0n) is 15.9. The summed E-state index contributed by atoms with van der Waals surface area (Å²) in [4.78, 5) is 31.9. The number of hydroxylamine groups is 2. The Labute approximate surface area is 171 Å². The maximum atomic E-state index is 12.3. The molecule has 30 heavy (non-hydrogen) atoms. The highest BCUT2D eigenvalue weighted by atomic mass is 16.7. The summed E-state index contributed by atoms with van der Waals surface area (Å²) in [6, 6.07) is 13.1. The van der Waals surface area contributed by atoms with Crippen LogP contribution in [0, 0.1) is 15.5 Å². The number of amidine groups is 2. The molecule has 2 aromatic rings. The van der Waals surface area contributed by atoms with Crippen molar-refractivity contribution in [2.45, 2.75) is 13.5 Å². The number of hydrogen-bond donors (Lipinski definition) is 1. The van der Waals surface area contributed by atoms with Gasteiger partial charge in [0.05, 0.1) is 10.5 Å². The number of nitrogens with one attached hydrogen (secondary N) is 1. The van der Waals surface area contributed by atoms with Crippen LogP contribution in [0.1, 0.15) is 18.1 Å². The van der Waals surface area contributed by atoms with Gasteiger partial charge < -0.3 is 9.57 Å². The molecular formula is C21H16N4O5. The van der Waals surface area contributed by atoms with Crippen molar-refractivity contribution in [3.63, 3.8) is 0 Å². The van der Waals surface area contributed by atoms with Gasteiger partial charge in [0, 0.05) is 18.2 Å². The molecule has 1 N–H and O–H groups in total. The van der Waals surface area contributed by atoms with E-state index in [0.717, 1.165) is 5.56 Å². The number of nitro benzene ring substituents is 1. The molecule has 0 fully saturated rings. The summed E-state index contributed by atoms with van der Waals surface area (Å²) in [5.41, 5.74) is 1.66. The minimum absolute atomic E-state index is 0.0284. The van der Waals surface area contributed by atoms with E-state index < -0.39 is 10.8 Å². The first-order valence-corrected chi connectivity index (χ1v) is 8.97. The topological polar surface area (TPSA) is 118 Å². The van der Waals surface area contributed by atoms with Crippen LogP contribution < -0.4 is 4.74 Å². The van der Waals surface area contributed by atoms with Crippen molar-refractivity contribution in [2.75, 3.05) is 0 Å². The SMILES string of the molecule is CC1=CC2=NC(=O)/C(=C\c3ccc(OCc4ccc([N+](=O)[O-])cc4)cc3)C(=N)N2O1. The molecule has 0 unspecified atom stereocenters. The molecule has 0 radical (unpaired) electrons. The molecule has 2 aliphatic rings. The molecule has 0 aliphatic carbocycles. The molecule has 0 spiro atoms. The first-order chi connectivity index (χ1) is 14.4. The van der Waals surface area contributed by atoms with E-state index in [1.165, 1.54) is 17.2 Å². The fourth-order valence-corrected chi connectivity index (χ4v) is 2.91. The molecule has 0 aromatic heterocycles. The number of nitrogens with zero attached hydrogens (tertiary/aromatic N) is 3. The minimum Gasteiger partial charge on any atom is -0.489 e. The molecule has 2 heterocycles. The number of hydrogen-bond acceptors (Lipinski definition) is 6. The molecule has 0 atom stereocenters. The van der Waals surface area contributed by atoms with Crippen LogP contribution >= 0.6 is 0 Å². The van der Waals surface area contributed by atoms with E-state index >= 15 is 0 Å². The average molecular weight is 404 g/mol. The Balaban J connectivity index is 1.43. The van der Waals surface area contributed by atoms with Crippen molar-refractivity contribution in [1.82, 2.24) is 5.06 Å². The number of ether oxygens (including phenoxy) is 1. The molecule has 2 aromatic carbocycles. The largest absolute Gasteiger partial charge is 0.489 e. The van der Waals surface area contributed by atoms with Crippen LogP contribution in [0.15, 0.2) is 70.9 Å². The minimum atomic E-state index is -0.501. The molecule has 0 saturated heterocycles. The Kier molecular flexibility index (Phi) is 4.85. The van der Waals surface area contributed by atoms with Gasteiger partial charge in [-0.15, -0.1) is 5.06 Å².